The molecule has 128 valence electrons. The summed E-state index contributed by atoms with van der Waals surface area (Å²) in [4.78, 5) is 16.1. The van der Waals surface area contributed by atoms with Gasteiger partial charge in [0.2, 0.25) is 15.9 Å². The third-order valence-electron chi connectivity index (χ3n) is 3.48. The summed E-state index contributed by atoms with van der Waals surface area (Å²) in [7, 11) is -3.50. The largest absolute Gasteiger partial charge is 0.351 e. The lowest BCUT2D eigenvalue weighted by molar-refractivity contribution is -0.121. The SMILES string of the molecule is Cc1ccc(CNC(=O)CN(Cc2cccnc2)S(C)(=O)=O)cc1. The Hall–Kier alpha value is -2.25. The molecular formula is C17H21N3O3S. The molecule has 0 saturated heterocycles. The molecule has 1 heterocycles. The zero-order valence-corrected chi connectivity index (χ0v) is 14.6. The predicted octanol–water partition coefficient (Wildman–Crippen LogP) is 1.47. The van der Waals surface area contributed by atoms with E-state index in [9.17, 15) is 13.2 Å². The monoisotopic (exact) mass is 347 g/mol. The van der Waals surface area contributed by atoms with Crippen molar-refractivity contribution in [1.82, 2.24) is 14.6 Å². The van der Waals surface area contributed by atoms with E-state index in [0.29, 0.717) is 6.54 Å². The Morgan fingerprint density at radius 1 is 1.17 bits per heavy atom. The first kappa shape index (κ1) is 18.1. The highest BCUT2D eigenvalue weighted by molar-refractivity contribution is 7.88. The number of rotatable bonds is 7. The minimum atomic E-state index is -3.50. The molecule has 0 aliphatic heterocycles. The third-order valence-corrected chi connectivity index (χ3v) is 4.68. The van der Waals surface area contributed by atoms with E-state index in [-0.39, 0.29) is 19.0 Å². The van der Waals surface area contributed by atoms with Crippen LogP contribution in [0.2, 0.25) is 0 Å². The van der Waals surface area contributed by atoms with Crippen LogP contribution in [0, 0.1) is 6.92 Å². The molecule has 0 aliphatic rings. The van der Waals surface area contributed by atoms with Crippen LogP contribution < -0.4 is 5.32 Å². The standard InChI is InChI=1S/C17H21N3O3S/c1-14-5-7-15(8-6-14)11-19-17(21)13-20(24(2,22)23)12-16-4-3-9-18-10-16/h3-10H,11-13H2,1-2H3,(H,19,21). The molecule has 0 atom stereocenters. The first-order chi connectivity index (χ1) is 11.3. The van der Waals surface area contributed by atoms with Crippen molar-refractivity contribution in [3.05, 3.63) is 65.5 Å². The first-order valence-electron chi connectivity index (χ1n) is 7.51. The number of carbonyl (C=O) groups is 1. The highest BCUT2D eigenvalue weighted by Crippen LogP contribution is 2.07. The summed E-state index contributed by atoms with van der Waals surface area (Å²) in [5.74, 6) is -0.343. The smallest absolute Gasteiger partial charge is 0.235 e. The Morgan fingerprint density at radius 3 is 2.46 bits per heavy atom. The second-order valence-electron chi connectivity index (χ2n) is 5.65. The lowest BCUT2D eigenvalue weighted by Crippen LogP contribution is -2.39. The topological polar surface area (TPSA) is 79.4 Å². The predicted molar refractivity (Wildman–Crippen MR) is 92.5 cm³/mol. The number of aryl methyl sites for hydroxylation is 1. The van der Waals surface area contributed by atoms with E-state index in [0.717, 1.165) is 27.3 Å². The molecule has 7 heteroatoms. The number of nitrogens with zero attached hydrogens (tertiary/aromatic N) is 2. The van der Waals surface area contributed by atoms with Crippen LogP contribution in [0.1, 0.15) is 16.7 Å². The zero-order valence-electron chi connectivity index (χ0n) is 13.8. The number of benzene rings is 1. The van der Waals surface area contributed by atoms with E-state index in [1.807, 2.05) is 31.2 Å². The molecule has 2 aromatic rings. The summed E-state index contributed by atoms with van der Waals surface area (Å²) in [5, 5.41) is 2.75. The quantitative estimate of drug-likeness (QED) is 0.822. The van der Waals surface area contributed by atoms with E-state index >= 15 is 0 Å². The van der Waals surface area contributed by atoms with Gasteiger partial charge in [0, 0.05) is 25.5 Å². The maximum atomic E-state index is 12.1. The molecule has 0 radical (unpaired) electrons. The number of sulfonamides is 1. The lowest BCUT2D eigenvalue weighted by atomic mass is 10.1. The van der Waals surface area contributed by atoms with E-state index in [1.165, 1.54) is 0 Å². The fourth-order valence-corrected chi connectivity index (χ4v) is 2.84. The summed E-state index contributed by atoms with van der Waals surface area (Å²) in [6, 6.07) is 11.3. The molecule has 0 fully saturated rings. The molecule has 0 saturated carbocycles. The van der Waals surface area contributed by atoms with E-state index in [1.54, 1.807) is 24.5 Å². The molecule has 1 aromatic carbocycles. The average Bonchev–Trinajstić information content (AvgIpc) is 2.54. The maximum Gasteiger partial charge on any atom is 0.235 e. The number of hydrogen-bond acceptors (Lipinski definition) is 4. The summed E-state index contributed by atoms with van der Waals surface area (Å²) in [6.07, 6.45) is 4.29. The van der Waals surface area contributed by atoms with Crippen molar-refractivity contribution in [2.75, 3.05) is 12.8 Å². The summed E-state index contributed by atoms with van der Waals surface area (Å²) < 4.78 is 25.0. The summed E-state index contributed by atoms with van der Waals surface area (Å²) in [5.41, 5.74) is 2.84. The van der Waals surface area contributed by atoms with Crippen molar-refractivity contribution in [2.45, 2.75) is 20.0 Å². The Kier molecular flexibility index (Phi) is 6.05. The lowest BCUT2D eigenvalue weighted by Gasteiger charge is -2.19. The molecule has 0 bridgehead atoms. The molecule has 1 aromatic heterocycles. The summed E-state index contributed by atoms with van der Waals surface area (Å²) >= 11 is 0. The summed E-state index contributed by atoms with van der Waals surface area (Å²) in [6.45, 7) is 2.25. The van der Waals surface area contributed by atoms with Gasteiger partial charge in [-0.3, -0.25) is 9.78 Å². The fraction of sp³-hybridized carbons (Fsp3) is 0.294. The number of aromatic nitrogens is 1. The number of pyridine rings is 1. The minimum Gasteiger partial charge on any atom is -0.351 e. The van der Waals surface area contributed by atoms with Crippen LogP contribution in [0.25, 0.3) is 0 Å². The highest BCUT2D eigenvalue weighted by Gasteiger charge is 2.20. The Bertz CT molecular complexity index is 774. The van der Waals surface area contributed by atoms with Crippen molar-refractivity contribution >= 4 is 15.9 Å². The molecule has 1 N–H and O–H groups in total. The van der Waals surface area contributed by atoms with Gasteiger partial charge in [-0.15, -0.1) is 0 Å². The Labute approximate surface area is 142 Å². The molecule has 24 heavy (non-hydrogen) atoms. The van der Waals surface area contributed by atoms with Gasteiger partial charge in [-0.1, -0.05) is 35.9 Å². The van der Waals surface area contributed by atoms with Crippen molar-refractivity contribution in [1.29, 1.82) is 0 Å². The van der Waals surface area contributed by atoms with Gasteiger partial charge in [0.25, 0.3) is 0 Å². The zero-order chi connectivity index (χ0) is 17.6. The van der Waals surface area contributed by atoms with Crippen LogP contribution in [0.4, 0.5) is 0 Å². The van der Waals surface area contributed by atoms with Crippen LogP contribution in [-0.2, 0) is 27.9 Å². The van der Waals surface area contributed by atoms with Gasteiger partial charge in [0.05, 0.1) is 12.8 Å². The van der Waals surface area contributed by atoms with Crippen LogP contribution in [0.5, 0.6) is 0 Å². The van der Waals surface area contributed by atoms with Gasteiger partial charge in [-0.05, 0) is 24.1 Å². The first-order valence-corrected chi connectivity index (χ1v) is 9.36. The third kappa shape index (κ3) is 5.75. The van der Waals surface area contributed by atoms with Crippen molar-refractivity contribution in [2.24, 2.45) is 0 Å². The van der Waals surface area contributed by atoms with E-state index in [4.69, 9.17) is 0 Å². The number of amides is 1. The maximum absolute atomic E-state index is 12.1. The number of carbonyl (C=O) groups excluding carboxylic acids is 1. The average molecular weight is 347 g/mol. The number of nitrogens with one attached hydrogen (secondary N) is 1. The second-order valence-corrected chi connectivity index (χ2v) is 7.64. The minimum absolute atomic E-state index is 0.116. The molecular weight excluding hydrogens is 326 g/mol. The van der Waals surface area contributed by atoms with Gasteiger partial charge in [-0.2, -0.15) is 4.31 Å². The fourth-order valence-electron chi connectivity index (χ4n) is 2.11. The van der Waals surface area contributed by atoms with Crippen LogP contribution >= 0.6 is 0 Å². The Balaban J connectivity index is 1.96. The van der Waals surface area contributed by atoms with Crippen molar-refractivity contribution in [3.8, 4) is 0 Å². The molecule has 6 nitrogen and oxygen atoms in total. The van der Waals surface area contributed by atoms with E-state index < -0.39 is 10.0 Å². The Morgan fingerprint density at radius 2 is 1.88 bits per heavy atom. The highest BCUT2D eigenvalue weighted by atomic mass is 32.2. The molecule has 1 amide bonds. The van der Waals surface area contributed by atoms with Crippen LogP contribution in [0.3, 0.4) is 0 Å². The van der Waals surface area contributed by atoms with Gasteiger partial charge in [0.15, 0.2) is 0 Å². The molecule has 0 spiro atoms. The van der Waals surface area contributed by atoms with Gasteiger partial charge >= 0.3 is 0 Å². The molecule has 0 unspecified atom stereocenters. The molecule has 0 aliphatic carbocycles. The van der Waals surface area contributed by atoms with Crippen molar-refractivity contribution in [3.63, 3.8) is 0 Å². The van der Waals surface area contributed by atoms with Crippen LogP contribution in [-0.4, -0.2) is 36.4 Å². The second kappa shape index (κ2) is 8.03. The molecule has 2 rings (SSSR count). The van der Waals surface area contributed by atoms with E-state index in [2.05, 4.69) is 10.3 Å². The van der Waals surface area contributed by atoms with Gasteiger partial charge < -0.3 is 5.32 Å². The normalized spacial score (nSPS) is 11.5. The number of hydrogen-bond donors (Lipinski definition) is 1. The van der Waals surface area contributed by atoms with Crippen LogP contribution in [0.15, 0.2) is 48.8 Å². The van der Waals surface area contributed by atoms with Gasteiger partial charge in [-0.25, -0.2) is 8.42 Å². The van der Waals surface area contributed by atoms with Gasteiger partial charge in [0.1, 0.15) is 0 Å². The van der Waals surface area contributed by atoms with Crippen molar-refractivity contribution < 1.29 is 13.2 Å².